The van der Waals surface area contributed by atoms with E-state index in [0.717, 1.165) is 24.3 Å². The molecule has 1 aromatic heterocycles. The van der Waals surface area contributed by atoms with Gasteiger partial charge in [0, 0.05) is 24.7 Å². The highest BCUT2D eigenvalue weighted by Gasteiger charge is 2.10. The van der Waals surface area contributed by atoms with Crippen molar-refractivity contribution in [2.75, 3.05) is 39.6 Å². The van der Waals surface area contributed by atoms with E-state index in [0.29, 0.717) is 30.4 Å². The zero-order valence-corrected chi connectivity index (χ0v) is 15.9. The Balaban J connectivity index is 1.99. The number of hydrogen-bond acceptors (Lipinski definition) is 6. The number of carbonyl (C=O) groups is 1. The Labute approximate surface area is 154 Å². The molecule has 1 heterocycles. The number of ether oxygens (including phenoxy) is 1. The molecule has 0 aliphatic carbocycles. The first-order valence-electron chi connectivity index (χ1n) is 8.64. The van der Waals surface area contributed by atoms with Crippen molar-refractivity contribution < 1.29 is 9.53 Å². The molecule has 2 aromatic rings. The van der Waals surface area contributed by atoms with Crippen LogP contribution in [0.3, 0.4) is 0 Å². The number of benzene rings is 1. The molecule has 1 aromatic carbocycles. The molecule has 0 radical (unpaired) electrons. The van der Waals surface area contributed by atoms with Gasteiger partial charge in [0.15, 0.2) is 0 Å². The Hall–Kier alpha value is -2.67. The lowest BCUT2D eigenvalue weighted by Crippen LogP contribution is -2.28. The van der Waals surface area contributed by atoms with E-state index in [1.807, 2.05) is 38.4 Å². The number of carbonyl (C=O) groups excluding carboxylic acids is 1. The Morgan fingerprint density at radius 3 is 2.73 bits per heavy atom. The Bertz CT molecular complexity index is 734. The van der Waals surface area contributed by atoms with E-state index in [1.54, 1.807) is 20.1 Å². The van der Waals surface area contributed by atoms with Gasteiger partial charge in [0.1, 0.15) is 23.1 Å². The van der Waals surface area contributed by atoms with Gasteiger partial charge >= 0.3 is 0 Å². The molecule has 0 saturated carbocycles. The van der Waals surface area contributed by atoms with Crippen LogP contribution < -0.4 is 15.4 Å². The Morgan fingerprint density at radius 2 is 2.00 bits per heavy atom. The number of nitrogens with one attached hydrogen (secondary N) is 2. The molecule has 7 nitrogen and oxygen atoms in total. The minimum Gasteiger partial charge on any atom is -0.496 e. The predicted molar refractivity (Wildman–Crippen MR) is 103 cm³/mol. The van der Waals surface area contributed by atoms with Crippen molar-refractivity contribution in [2.24, 2.45) is 0 Å². The van der Waals surface area contributed by atoms with Gasteiger partial charge in [-0.2, -0.15) is 0 Å². The fraction of sp³-hybridized carbons (Fsp3) is 0.421. The van der Waals surface area contributed by atoms with Gasteiger partial charge < -0.3 is 20.3 Å². The molecule has 140 valence electrons. The average Bonchev–Trinajstić information content (AvgIpc) is 2.63. The van der Waals surface area contributed by atoms with Crippen molar-refractivity contribution in [2.45, 2.75) is 19.9 Å². The predicted octanol–water partition coefficient (Wildman–Crippen LogP) is 2.09. The highest BCUT2D eigenvalue weighted by Crippen LogP contribution is 2.18. The van der Waals surface area contributed by atoms with Crippen LogP contribution in [0.5, 0.6) is 5.75 Å². The van der Waals surface area contributed by atoms with Crippen molar-refractivity contribution in [3.63, 3.8) is 0 Å². The second kappa shape index (κ2) is 9.72. The number of methoxy groups -OCH3 is 1. The summed E-state index contributed by atoms with van der Waals surface area (Å²) in [5, 5.41) is 6.13. The number of aryl methyl sites for hydroxylation is 1. The number of rotatable bonds is 9. The lowest BCUT2D eigenvalue weighted by atomic mass is 10.2. The van der Waals surface area contributed by atoms with Crippen molar-refractivity contribution in [3.05, 3.63) is 47.4 Å². The smallest absolute Gasteiger partial charge is 0.270 e. The Kier molecular flexibility index (Phi) is 7.35. The molecule has 26 heavy (non-hydrogen) atoms. The number of para-hydroxylation sites is 1. The highest BCUT2D eigenvalue weighted by molar-refractivity contribution is 5.92. The van der Waals surface area contributed by atoms with E-state index >= 15 is 0 Å². The lowest BCUT2D eigenvalue weighted by Gasteiger charge is -2.12. The van der Waals surface area contributed by atoms with Crippen LogP contribution in [0.25, 0.3) is 0 Å². The lowest BCUT2D eigenvalue weighted by molar-refractivity contribution is 0.0947. The molecule has 2 N–H and O–H groups in total. The van der Waals surface area contributed by atoms with Gasteiger partial charge in [-0.15, -0.1) is 0 Å². The average molecular weight is 357 g/mol. The summed E-state index contributed by atoms with van der Waals surface area (Å²) in [6.45, 7) is 3.86. The standard InChI is InChI=1S/C19H27N5O2/c1-14-22-16(19(25)20-10-7-11-24(2)3)12-18(23-14)21-13-15-8-5-6-9-17(15)26-4/h5-6,8-9,12H,7,10-11,13H2,1-4H3,(H,20,25)(H,21,22,23). The normalized spacial score (nSPS) is 10.7. The van der Waals surface area contributed by atoms with E-state index < -0.39 is 0 Å². The molecule has 0 aliphatic rings. The van der Waals surface area contributed by atoms with Gasteiger partial charge in [0.2, 0.25) is 0 Å². The molecule has 0 spiro atoms. The summed E-state index contributed by atoms with van der Waals surface area (Å²) in [7, 11) is 5.66. The molecule has 0 unspecified atom stereocenters. The topological polar surface area (TPSA) is 79.4 Å². The van der Waals surface area contributed by atoms with Gasteiger partial charge in [-0.1, -0.05) is 18.2 Å². The van der Waals surface area contributed by atoms with E-state index in [-0.39, 0.29) is 5.91 Å². The summed E-state index contributed by atoms with van der Waals surface area (Å²) < 4.78 is 5.35. The van der Waals surface area contributed by atoms with Crippen molar-refractivity contribution in [3.8, 4) is 5.75 Å². The summed E-state index contributed by atoms with van der Waals surface area (Å²) in [5.41, 5.74) is 1.38. The van der Waals surface area contributed by atoms with Gasteiger partial charge in [-0.05, 0) is 40.1 Å². The van der Waals surface area contributed by atoms with Crippen molar-refractivity contribution in [1.82, 2.24) is 20.2 Å². The van der Waals surface area contributed by atoms with Crippen LogP contribution in [0.1, 0.15) is 28.3 Å². The van der Waals surface area contributed by atoms with E-state index in [9.17, 15) is 4.79 Å². The summed E-state index contributed by atoms with van der Waals surface area (Å²) in [6, 6.07) is 9.45. The maximum Gasteiger partial charge on any atom is 0.270 e. The van der Waals surface area contributed by atoms with Gasteiger partial charge in [-0.25, -0.2) is 9.97 Å². The molecule has 0 aliphatic heterocycles. The maximum absolute atomic E-state index is 12.3. The Morgan fingerprint density at radius 1 is 1.23 bits per heavy atom. The third-order valence-corrected chi connectivity index (χ3v) is 3.79. The maximum atomic E-state index is 12.3. The van der Waals surface area contributed by atoms with Crippen LogP contribution in [0.15, 0.2) is 30.3 Å². The zero-order valence-electron chi connectivity index (χ0n) is 15.9. The van der Waals surface area contributed by atoms with E-state index in [4.69, 9.17) is 4.74 Å². The van der Waals surface area contributed by atoms with Crippen molar-refractivity contribution >= 4 is 11.7 Å². The molecule has 7 heteroatoms. The van der Waals surface area contributed by atoms with Gasteiger partial charge in [0.25, 0.3) is 5.91 Å². The van der Waals surface area contributed by atoms with E-state index in [2.05, 4.69) is 25.5 Å². The summed E-state index contributed by atoms with van der Waals surface area (Å²) in [4.78, 5) is 23.0. The van der Waals surface area contributed by atoms with E-state index in [1.165, 1.54) is 0 Å². The van der Waals surface area contributed by atoms with Gasteiger partial charge in [0.05, 0.1) is 7.11 Å². The van der Waals surface area contributed by atoms with Gasteiger partial charge in [-0.3, -0.25) is 4.79 Å². The fourth-order valence-electron chi connectivity index (χ4n) is 2.50. The molecule has 0 bridgehead atoms. The summed E-state index contributed by atoms with van der Waals surface area (Å²) in [6.07, 6.45) is 0.891. The minimum absolute atomic E-state index is 0.186. The number of nitrogens with zero attached hydrogens (tertiary/aromatic N) is 3. The van der Waals surface area contributed by atoms with Crippen LogP contribution in [0, 0.1) is 6.92 Å². The molecular weight excluding hydrogens is 330 g/mol. The second-order valence-electron chi connectivity index (χ2n) is 6.26. The molecule has 0 atom stereocenters. The first-order chi connectivity index (χ1) is 12.5. The highest BCUT2D eigenvalue weighted by atomic mass is 16.5. The molecular formula is C19H27N5O2. The third kappa shape index (κ3) is 6.00. The van der Waals surface area contributed by atoms with Crippen LogP contribution in [-0.4, -0.2) is 55.1 Å². The minimum atomic E-state index is -0.186. The van der Waals surface area contributed by atoms with Crippen LogP contribution >= 0.6 is 0 Å². The first kappa shape index (κ1) is 19.7. The van der Waals surface area contributed by atoms with Crippen LogP contribution in [0.4, 0.5) is 5.82 Å². The molecule has 1 amide bonds. The van der Waals surface area contributed by atoms with Crippen molar-refractivity contribution in [1.29, 1.82) is 0 Å². The van der Waals surface area contributed by atoms with Crippen LogP contribution in [-0.2, 0) is 6.54 Å². The first-order valence-corrected chi connectivity index (χ1v) is 8.64. The fourth-order valence-corrected chi connectivity index (χ4v) is 2.50. The van der Waals surface area contributed by atoms with Crippen LogP contribution in [0.2, 0.25) is 0 Å². The third-order valence-electron chi connectivity index (χ3n) is 3.79. The summed E-state index contributed by atoms with van der Waals surface area (Å²) >= 11 is 0. The number of aromatic nitrogens is 2. The largest absolute Gasteiger partial charge is 0.496 e. The SMILES string of the molecule is COc1ccccc1CNc1cc(C(=O)NCCCN(C)C)nc(C)n1. The number of anilines is 1. The zero-order chi connectivity index (χ0) is 18.9. The molecule has 0 saturated heterocycles. The molecule has 0 fully saturated rings. The number of hydrogen-bond donors (Lipinski definition) is 2. The molecule has 2 rings (SSSR count). The monoisotopic (exact) mass is 357 g/mol. The number of amides is 1. The second-order valence-corrected chi connectivity index (χ2v) is 6.26. The summed E-state index contributed by atoms with van der Waals surface area (Å²) in [5.74, 6) is 1.79. The quantitative estimate of drug-likeness (QED) is 0.669.